The molecule has 126 valence electrons. The van der Waals surface area contributed by atoms with Gasteiger partial charge in [-0.25, -0.2) is 0 Å². The predicted molar refractivity (Wildman–Crippen MR) is 82.7 cm³/mol. The largest absolute Gasteiger partial charge is 0.423 e. The van der Waals surface area contributed by atoms with Crippen molar-refractivity contribution in [3.63, 3.8) is 0 Å². The maximum atomic E-state index is 10.6. The van der Waals surface area contributed by atoms with Crippen LogP contribution in [0.1, 0.15) is 23.2 Å². The molecule has 0 radical (unpaired) electrons. The predicted octanol–water partition coefficient (Wildman–Crippen LogP) is 1.93. The Kier molecular flexibility index (Phi) is 4.30. The highest BCUT2D eigenvalue weighted by Gasteiger charge is 2.15. The molecular formula is C13H14ClN7O3. The summed E-state index contributed by atoms with van der Waals surface area (Å²) in [6.07, 6.45) is 1.99. The van der Waals surface area contributed by atoms with Gasteiger partial charge in [0.25, 0.3) is 0 Å². The van der Waals surface area contributed by atoms with Crippen molar-refractivity contribution in [2.24, 2.45) is 0 Å². The van der Waals surface area contributed by atoms with Crippen LogP contribution in [0, 0.1) is 24.0 Å². The first kappa shape index (κ1) is 16.1. The van der Waals surface area contributed by atoms with Gasteiger partial charge in [-0.3, -0.25) is 4.68 Å². The lowest BCUT2D eigenvalue weighted by atomic mass is 10.4. The molecule has 0 spiro atoms. The van der Waals surface area contributed by atoms with Crippen LogP contribution in [0.4, 0.5) is 5.82 Å². The molecule has 0 amide bonds. The number of hydrogen-bond acceptors (Lipinski definition) is 7. The Bertz CT molecular complexity index is 882. The molecule has 0 fully saturated rings. The van der Waals surface area contributed by atoms with Crippen molar-refractivity contribution in [3.8, 4) is 0 Å². The second-order valence-electron chi connectivity index (χ2n) is 5.18. The smallest absolute Gasteiger partial charge is 0.389 e. The third-order valence-corrected chi connectivity index (χ3v) is 4.00. The van der Waals surface area contributed by atoms with Crippen molar-refractivity contribution in [2.75, 3.05) is 0 Å². The van der Waals surface area contributed by atoms with E-state index in [1.54, 1.807) is 4.68 Å². The zero-order valence-corrected chi connectivity index (χ0v) is 13.8. The minimum absolute atomic E-state index is 0.173. The molecule has 0 aliphatic heterocycles. The fourth-order valence-corrected chi connectivity index (χ4v) is 2.36. The Balaban J connectivity index is 1.62. The molecule has 3 aromatic heterocycles. The van der Waals surface area contributed by atoms with Crippen molar-refractivity contribution in [1.82, 2.24) is 29.8 Å². The van der Waals surface area contributed by atoms with Gasteiger partial charge in [-0.05, 0) is 18.8 Å². The molecule has 0 aliphatic carbocycles. The van der Waals surface area contributed by atoms with E-state index >= 15 is 0 Å². The Hall–Kier alpha value is -2.75. The summed E-state index contributed by atoms with van der Waals surface area (Å²) in [7, 11) is 0. The summed E-state index contributed by atoms with van der Waals surface area (Å²) in [6, 6.07) is 1.31. The number of aromatic nitrogens is 6. The van der Waals surface area contributed by atoms with Crippen LogP contribution in [0.15, 0.2) is 16.7 Å². The summed E-state index contributed by atoms with van der Waals surface area (Å²) in [5, 5.41) is 27.3. The van der Waals surface area contributed by atoms with E-state index < -0.39 is 4.92 Å². The van der Waals surface area contributed by atoms with Gasteiger partial charge in [0.15, 0.2) is 0 Å². The van der Waals surface area contributed by atoms with E-state index in [1.165, 1.54) is 16.9 Å². The summed E-state index contributed by atoms with van der Waals surface area (Å²) >= 11 is 6.11. The highest BCUT2D eigenvalue weighted by molar-refractivity contribution is 6.31. The first-order valence-electron chi connectivity index (χ1n) is 7.12. The Morgan fingerprint density at radius 3 is 2.67 bits per heavy atom. The van der Waals surface area contributed by atoms with E-state index in [9.17, 15) is 10.1 Å². The van der Waals surface area contributed by atoms with Crippen molar-refractivity contribution in [1.29, 1.82) is 0 Å². The number of hydrogen-bond donors (Lipinski definition) is 0. The molecule has 0 N–H and O–H groups in total. The van der Waals surface area contributed by atoms with Gasteiger partial charge < -0.3 is 14.5 Å². The van der Waals surface area contributed by atoms with Gasteiger partial charge in [0.1, 0.15) is 6.54 Å². The van der Waals surface area contributed by atoms with Crippen molar-refractivity contribution < 1.29 is 9.34 Å². The van der Waals surface area contributed by atoms with Gasteiger partial charge in [-0.1, -0.05) is 11.6 Å². The molecule has 3 aromatic rings. The third-order valence-electron chi connectivity index (χ3n) is 3.45. The second kappa shape index (κ2) is 6.40. The second-order valence-corrected chi connectivity index (χ2v) is 5.55. The summed E-state index contributed by atoms with van der Waals surface area (Å²) < 4.78 is 8.69. The van der Waals surface area contributed by atoms with E-state index in [-0.39, 0.29) is 12.4 Å². The van der Waals surface area contributed by atoms with Crippen LogP contribution < -0.4 is 0 Å². The quantitative estimate of drug-likeness (QED) is 0.491. The standard InChI is InChI=1S/C13H14ClN7O3/c1-8-13(14)9(2)20(17-8)6-4-11-15-16-12(24-11)7-19-5-3-10(18-19)21(22)23/h3,5H,4,6-7H2,1-2H3. The first-order valence-corrected chi connectivity index (χ1v) is 7.50. The van der Waals surface area contributed by atoms with E-state index in [0.717, 1.165) is 11.4 Å². The molecule has 10 nitrogen and oxygen atoms in total. The number of nitro groups is 1. The van der Waals surface area contributed by atoms with Crippen LogP contribution in [0.25, 0.3) is 0 Å². The Labute approximate surface area is 141 Å². The van der Waals surface area contributed by atoms with Crippen molar-refractivity contribution in [2.45, 2.75) is 33.4 Å². The molecule has 0 bridgehead atoms. The van der Waals surface area contributed by atoms with E-state index in [2.05, 4.69) is 20.4 Å². The molecule has 3 rings (SSSR count). The average Bonchev–Trinajstić information content (AvgIpc) is 3.24. The fraction of sp³-hybridized carbons (Fsp3) is 0.385. The molecule has 0 aliphatic rings. The van der Waals surface area contributed by atoms with Crippen LogP contribution in [-0.4, -0.2) is 34.7 Å². The van der Waals surface area contributed by atoms with Crippen molar-refractivity contribution in [3.05, 3.63) is 50.6 Å². The molecular weight excluding hydrogens is 338 g/mol. The SMILES string of the molecule is Cc1nn(CCc2nnc(Cn3ccc([N+](=O)[O-])n3)o2)c(C)c1Cl. The molecule has 0 saturated carbocycles. The van der Waals surface area contributed by atoms with Gasteiger partial charge in [-0.15, -0.1) is 10.2 Å². The number of nitrogens with zero attached hydrogens (tertiary/aromatic N) is 7. The minimum atomic E-state index is -0.560. The van der Waals surface area contributed by atoms with Gasteiger partial charge in [0, 0.05) is 13.0 Å². The lowest BCUT2D eigenvalue weighted by Crippen LogP contribution is -2.05. The fourth-order valence-electron chi connectivity index (χ4n) is 2.22. The number of aryl methyl sites for hydroxylation is 3. The molecule has 0 unspecified atom stereocenters. The molecule has 0 aromatic carbocycles. The zero-order valence-electron chi connectivity index (χ0n) is 13.0. The Morgan fingerprint density at radius 2 is 2.04 bits per heavy atom. The lowest BCUT2D eigenvalue weighted by molar-refractivity contribution is -0.389. The van der Waals surface area contributed by atoms with Gasteiger partial charge in [0.2, 0.25) is 11.8 Å². The van der Waals surface area contributed by atoms with Crippen LogP contribution in [0.5, 0.6) is 0 Å². The van der Waals surface area contributed by atoms with Gasteiger partial charge >= 0.3 is 5.82 Å². The molecule has 11 heteroatoms. The Morgan fingerprint density at radius 1 is 1.29 bits per heavy atom. The molecule has 0 atom stereocenters. The summed E-state index contributed by atoms with van der Waals surface area (Å²) in [4.78, 5) is 10.0. The average molecular weight is 352 g/mol. The van der Waals surface area contributed by atoms with Crippen LogP contribution in [-0.2, 0) is 19.5 Å². The maximum absolute atomic E-state index is 10.6. The van der Waals surface area contributed by atoms with Crippen LogP contribution >= 0.6 is 11.6 Å². The minimum Gasteiger partial charge on any atom is -0.423 e. The number of rotatable bonds is 6. The topological polar surface area (TPSA) is 118 Å². The van der Waals surface area contributed by atoms with E-state index in [4.69, 9.17) is 16.0 Å². The maximum Gasteiger partial charge on any atom is 0.389 e. The highest BCUT2D eigenvalue weighted by Crippen LogP contribution is 2.19. The molecule has 24 heavy (non-hydrogen) atoms. The van der Waals surface area contributed by atoms with E-state index in [1.807, 2.05) is 13.8 Å². The molecule has 3 heterocycles. The normalized spacial score (nSPS) is 11.1. The van der Waals surface area contributed by atoms with Gasteiger partial charge in [0.05, 0.1) is 33.8 Å². The third kappa shape index (κ3) is 3.27. The summed E-state index contributed by atoms with van der Waals surface area (Å²) in [6.45, 7) is 4.48. The highest BCUT2D eigenvalue weighted by atomic mass is 35.5. The molecule has 0 saturated heterocycles. The van der Waals surface area contributed by atoms with E-state index in [0.29, 0.717) is 29.8 Å². The number of halogens is 1. The van der Waals surface area contributed by atoms with Crippen LogP contribution in [0.2, 0.25) is 5.02 Å². The van der Waals surface area contributed by atoms with Gasteiger partial charge in [-0.2, -0.15) is 9.78 Å². The monoisotopic (exact) mass is 351 g/mol. The zero-order chi connectivity index (χ0) is 17.3. The van der Waals surface area contributed by atoms with Crippen LogP contribution in [0.3, 0.4) is 0 Å². The first-order chi connectivity index (χ1) is 11.4. The van der Waals surface area contributed by atoms with Crippen molar-refractivity contribution >= 4 is 17.4 Å². The summed E-state index contributed by atoms with van der Waals surface area (Å²) in [5.74, 6) is 0.556. The lowest BCUT2D eigenvalue weighted by Gasteiger charge is -2.01. The summed E-state index contributed by atoms with van der Waals surface area (Å²) in [5.41, 5.74) is 1.67.